The molecule has 0 fully saturated rings. The maximum Gasteiger partial charge on any atom is 0.247 e. The molecule has 0 bridgehead atoms. The van der Waals surface area contributed by atoms with Crippen LogP contribution in [0.1, 0.15) is 11.5 Å². The molecule has 0 aliphatic rings. The number of tetrazole rings is 1. The normalized spacial score (nSPS) is 11.0. The van der Waals surface area contributed by atoms with Gasteiger partial charge < -0.3 is 4.42 Å². The van der Waals surface area contributed by atoms with E-state index < -0.39 is 0 Å². The molecule has 0 aliphatic heterocycles. The van der Waals surface area contributed by atoms with Gasteiger partial charge in [0.25, 0.3) is 0 Å². The van der Waals surface area contributed by atoms with Crippen molar-refractivity contribution in [2.24, 2.45) is 0 Å². The largest absolute Gasteiger partial charge is 0.420 e. The van der Waals surface area contributed by atoms with E-state index in [4.69, 9.17) is 16.0 Å². The molecule has 4 aromatic rings. The summed E-state index contributed by atoms with van der Waals surface area (Å²) in [6.45, 7) is 2.02. The van der Waals surface area contributed by atoms with E-state index in [1.807, 2.05) is 43.3 Å². The molecular formula is C17H13ClN6OS. The van der Waals surface area contributed by atoms with Gasteiger partial charge in [0, 0.05) is 10.6 Å². The molecule has 0 atom stereocenters. The average Bonchev–Trinajstić information content (AvgIpc) is 3.29. The molecule has 26 heavy (non-hydrogen) atoms. The monoisotopic (exact) mass is 384 g/mol. The minimum Gasteiger partial charge on any atom is -0.420 e. The molecule has 9 heteroatoms. The zero-order valence-electron chi connectivity index (χ0n) is 13.7. The van der Waals surface area contributed by atoms with Gasteiger partial charge in [-0.05, 0) is 47.7 Å². The van der Waals surface area contributed by atoms with Gasteiger partial charge in [-0.3, -0.25) is 0 Å². The fourth-order valence-corrected chi connectivity index (χ4v) is 3.28. The molecule has 0 N–H and O–H groups in total. The number of aryl methyl sites for hydroxylation is 1. The molecule has 2 heterocycles. The van der Waals surface area contributed by atoms with E-state index in [-0.39, 0.29) is 0 Å². The van der Waals surface area contributed by atoms with E-state index >= 15 is 0 Å². The predicted octanol–water partition coefficient (Wildman–Crippen LogP) is 3.97. The van der Waals surface area contributed by atoms with Crippen LogP contribution >= 0.6 is 23.4 Å². The Labute approximate surface area is 158 Å². The Bertz CT molecular complexity index is 1050. The molecule has 0 aliphatic carbocycles. The molecule has 2 aromatic heterocycles. The van der Waals surface area contributed by atoms with Crippen LogP contribution in [0.25, 0.3) is 17.1 Å². The summed E-state index contributed by atoms with van der Waals surface area (Å²) in [6.07, 6.45) is 0. The minimum absolute atomic E-state index is 0.458. The van der Waals surface area contributed by atoms with Crippen molar-refractivity contribution in [3.63, 3.8) is 0 Å². The van der Waals surface area contributed by atoms with Gasteiger partial charge in [-0.2, -0.15) is 4.68 Å². The summed E-state index contributed by atoms with van der Waals surface area (Å²) in [5.74, 6) is 1.46. The van der Waals surface area contributed by atoms with Crippen LogP contribution in [-0.2, 0) is 5.75 Å². The fraction of sp³-hybridized carbons (Fsp3) is 0.118. The Kier molecular flexibility index (Phi) is 4.68. The molecule has 0 unspecified atom stereocenters. The smallest absolute Gasteiger partial charge is 0.247 e. The minimum atomic E-state index is 0.458. The van der Waals surface area contributed by atoms with Crippen LogP contribution in [0.5, 0.6) is 0 Å². The summed E-state index contributed by atoms with van der Waals surface area (Å²) < 4.78 is 7.37. The first-order valence-electron chi connectivity index (χ1n) is 7.75. The van der Waals surface area contributed by atoms with Crippen molar-refractivity contribution < 1.29 is 4.42 Å². The number of hydrogen-bond acceptors (Lipinski definition) is 7. The Balaban J connectivity index is 1.50. The van der Waals surface area contributed by atoms with Crippen LogP contribution in [0.3, 0.4) is 0 Å². The molecule has 7 nitrogen and oxygen atoms in total. The molecule has 0 radical (unpaired) electrons. The second kappa shape index (κ2) is 7.27. The van der Waals surface area contributed by atoms with Crippen LogP contribution in [0.4, 0.5) is 0 Å². The van der Waals surface area contributed by atoms with Gasteiger partial charge in [-0.1, -0.05) is 47.1 Å². The Morgan fingerprint density at radius 1 is 1.08 bits per heavy atom. The summed E-state index contributed by atoms with van der Waals surface area (Å²) in [4.78, 5) is 0. The van der Waals surface area contributed by atoms with Crippen LogP contribution in [0.2, 0.25) is 5.02 Å². The summed E-state index contributed by atoms with van der Waals surface area (Å²) >= 11 is 7.44. The van der Waals surface area contributed by atoms with Gasteiger partial charge >= 0.3 is 0 Å². The van der Waals surface area contributed by atoms with Gasteiger partial charge in [0.05, 0.1) is 11.4 Å². The molecular weight excluding hydrogens is 372 g/mol. The van der Waals surface area contributed by atoms with Crippen LogP contribution in [0, 0.1) is 6.92 Å². The van der Waals surface area contributed by atoms with Crippen molar-refractivity contribution in [1.82, 2.24) is 30.4 Å². The van der Waals surface area contributed by atoms with Gasteiger partial charge in [0.1, 0.15) is 0 Å². The van der Waals surface area contributed by atoms with E-state index in [1.54, 1.807) is 16.8 Å². The third-order valence-corrected chi connectivity index (χ3v) is 4.69. The molecule has 0 amide bonds. The second-order valence-electron chi connectivity index (χ2n) is 5.51. The quantitative estimate of drug-likeness (QED) is 0.481. The molecule has 0 spiro atoms. The van der Waals surface area contributed by atoms with Crippen LogP contribution in [0.15, 0.2) is 58.1 Å². The lowest BCUT2D eigenvalue weighted by atomic mass is 10.1. The summed E-state index contributed by atoms with van der Waals surface area (Å²) in [6, 6.07) is 15.3. The molecule has 2 aromatic carbocycles. The van der Waals surface area contributed by atoms with Crippen LogP contribution in [-0.4, -0.2) is 30.4 Å². The SMILES string of the molecule is Cc1cccc(-c2nnc(CSc3nnnn3-c3cccc(Cl)c3)o2)c1. The van der Waals surface area contributed by atoms with Gasteiger partial charge in [-0.25, -0.2) is 0 Å². The Morgan fingerprint density at radius 3 is 2.81 bits per heavy atom. The van der Waals surface area contributed by atoms with E-state index in [0.717, 1.165) is 16.8 Å². The van der Waals surface area contributed by atoms with Gasteiger partial charge in [0.15, 0.2) is 0 Å². The molecule has 0 saturated carbocycles. The van der Waals surface area contributed by atoms with Crippen molar-refractivity contribution >= 4 is 23.4 Å². The van der Waals surface area contributed by atoms with Gasteiger partial charge in [0.2, 0.25) is 16.9 Å². The molecule has 4 rings (SSSR count). The first-order valence-corrected chi connectivity index (χ1v) is 9.12. The first kappa shape index (κ1) is 16.7. The topological polar surface area (TPSA) is 82.5 Å². The first-order chi connectivity index (χ1) is 12.7. The van der Waals surface area contributed by atoms with Gasteiger partial charge in [-0.15, -0.1) is 15.3 Å². The summed E-state index contributed by atoms with van der Waals surface area (Å²) in [7, 11) is 0. The Morgan fingerprint density at radius 2 is 1.96 bits per heavy atom. The van der Waals surface area contributed by atoms with Crippen LogP contribution < -0.4 is 0 Å². The number of rotatable bonds is 5. The predicted molar refractivity (Wildman–Crippen MR) is 98.2 cm³/mol. The number of halogens is 1. The van der Waals surface area contributed by atoms with Crippen molar-refractivity contribution in [2.75, 3.05) is 0 Å². The number of nitrogens with zero attached hydrogens (tertiary/aromatic N) is 6. The lowest BCUT2D eigenvalue weighted by molar-refractivity contribution is 0.528. The number of benzene rings is 2. The van der Waals surface area contributed by atoms with E-state index in [2.05, 4.69) is 25.7 Å². The zero-order valence-corrected chi connectivity index (χ0v) is 15.3. The van der Waals surface area contributed by atoms with Crippen molar-refractivity contribution in [1.29, 1.82) is 0 Å². The summed E-state index contributed by atoms with van der Waals surface area (Å²) in [5, 5.41) is 21.2. The lowest BCUT2D eigenvalue weighted by Crippen LogP contribution is -1.99. The maximum absolute atomic E-state index is 6.04. The Hall–Kier alpha value is -2.71. The average molecular weight is 385 g/mol. The maximum atomic E-state index is 6.04. The highest BCUT2D eigenvalue weighted by molar-refractivity contribution is 7.98. The number of thioether (sulfide) groups is 1. The third kappa shape index (κ3) is 3.61. The molecule has 0 saturated heterocycles. The highest BCUT2D eigenvalue weighted by atomic mass is 35.5. The number of aromatic nitrogens is 6. The third-order valence-electron chi connectivity index (χ3n) is 3.55. The lowest BCUT2D eigenvalue weighted by Gasteiger charge is -2.03. The van der Waals surface area contributed by atoms with E-state index in [1.165, 1.54) is 11.8 Å². The standard InChI is InChI=1S/C17H13ClN6OS/c1-11-4-2-5-12(8-11)16-20-19-15(25-16)10-26-17-21-22-23-24(17)14-7-3-6-13(18)9-14/h2-9H,10H2,1H3. The van der Waals surface area contributed by atoms with Crippen molar-refractivity contribution in [2.45, 2.75) is 17.8 Å². The summed E-state index contributed by atoms with van der Waals surface area (Å²) in [5.41, 5.74) is 2.82. The van der Waals surface area contributed by atoms with E-state index in [0.29, 0.717) is 27.7 Å². The van der Waals surface area contributed by atoms with E-state index in [9.17, 15) is 0 Å². The van der Waals surface area contributed by atoms with Crippen molar-refractivity contribution in [3.8, 4) is 17.1 Å². The second-order valence-corrected chi connectivity index (χ2v) is 6.89. The fourth-order valence-electron chi connectivity index (χ4n) is 2.37. The van der Waals surface area contributed by atoms with Crippen molar-refractivity contribution in [3.05, 3.63) is 65.0 Å². The molecule has 130 valence electrons. The highest BCUT2D eigenvalue weighted by Crippen LogP contribution is 2.25. The highest BCUT2D eigenvalue weighted by Gasteiger charge is 2.13. The number of hydrogen-bond donors (Lipinski definition) is 0. The zero-order chi connectivity index (χ0) is 17.9.